The molecule has 2 aromatic carbocycles. The molecule has 25 heavy (non-hydrogen) atoms. The number of carbonyl (C=O) groups excluding carboxylic acids is 2. The van der Waals surface area contributed by atoms with Crippen LogP contribution in [-0.4, -0.2) is 32.6 Å². The standard InChI is InChI=1S/C19H22N2O4/c1-13-7-8-17(24-2)16(11-13)21-18(22)9-10-20-15-6-4-5-14(12-15)19(23)25-3/h4-8,11-12,20H,9-10H2,1-3H3,(H,21,22). The minimum atomic E-state index is -0.395. The molecule has 0 aliphatic heterocycles. The summed E-state index contributed by atoms with van der Waals surface area (Å²) in [5, 5.41) is 5.97. The van der Waals surface area contributed by atoms with Crippen molar-refractivity contribution in [3.05, 3.63) is 53.6 Å². The van der Waals surface area contributed by atoms with Gasteiger partial charge in [-0.25, -0.2) is 4.79 Å². The fourth-order valence-corrected chi connectivity index (χ4v) is 2.33. The lowest BCUT2D eigenvalue weighted by Crippen LogP contribution is -2.17. The van der Waals surface area contributed by atoms with Crippen molar-refractivity contribution >= 4 is 23.3 Å². The molecule has 0 aliphatic carbocycles. The van der Waals surface area contributed by atoms with E-state index in [0.717, 1.165) is 11.3 Å². The second kappa shape index (κ2) is 8.73. The Morgan fingerprint density at radius 2 is 1.88 bits per heavy atom. The number of esters is 1. The van der Waals surface area contributed by atoms with Gasteiger partial charge in [0.25, 0.3) is 0 Å². The van der Waals surface area contributed by atoms with E-state index in [9.17, 15) is 9.59 Å². The zero-order valence-corrected chi connectivity index (χ0v) is 14.6. The number of methoxy groups -OCH3 is 2. The van der Waals surface area contributed by atoms with Crippen molar-refractivity contribution in [2.75, 3.05) is 31.4 Å². The predicted molar refractivity (Wildman–Crippen MR) is 97.2 cm³/mol. The topological polar surface area (TPSA) is 76.7 Å². The summed E-state index contributed by atoms with van der Waals surface area (Å²) >= 11 is 0. The minimum absolute atomic E-state index is 0.125. The lowest BCUT2D eigenvalue weighted by molar-refractivity contribution is -0.116. The number of benzene rings is 2. The monoisotopic (exact) mass is 342 g/mol. The average Bonchev–Trinajstić information content (AvgIpc) is 2.61. The first-order chi connectivity index (χ1) is 12.0. The third kappa shape index (κ3) is 5.24. The zero-order valence-electron chi connectivity index (χ0n) is 14.6. The molecular formula is C19H22N2O4. The molecule has 132 valence electrons. The Kier molecular flexibility index (Phi) is 6.39. The first kappa shape index (κ1) is 18.3. The highest BCUT2D eigenvalue weighted by Gasteiger charge is 2.09. The third-order valence-electron chi connectivity index (χ3n) is 3.59. The molecule has 0 saturated heterocycles. The number of aryl methyl sites for hydroxylation is 1. The molecule has 0 bridgehead atoms. The predicted octanol–water partition coefficient (Wildman–Crippen LogP) is 3.23. The van der Waals surface area contributed by atoms with Gasteiger partial charge in [0.1, 0.15) is 5.75 Å². The van der Waals surface area contributed by atoms with Crippen LogP contribution in [-0.2, 0) is 9.53 Å². The summed E-state index contributed by atoms with van der Waals surface area (Å²) in [6.07, 6.45) is 0.277. The molecule has 1 amide bonds. The molecule has 2 N–H and O–H groups in total. The minimum Gasteiger partial charge on any atom is -0.495 e. The third-order valence-corrected chi connectivity index (χ3v) is 3.59. The van der Waals surface area contributed by atoms with Gasteiger partial charge in [-0.15, -0.1) is 0 Å². The van der Waals surface area contributed by atoms with E-state index in [1.165, 1.54) is 7.11 Å². The van der Waals surface area contributed by atoms with E-state index in [4.69, 9.17) is 4.74 Å². The largest absolute Gasteiger partial charge is 0.495 e. The zero-order chi connectivity index (χ0) is 18.2. The van der Waals surface area contributed by atoms with E-state index in [1.807, 2.05) is 31.2 Å². The molecule has 0 spiro atoms. The van der Waals surface area contributed by atoms with Crippen molar-refractivity contribution in [2.45, 2.75) is 13.3 Å². The Labute approximate surface area is 147 Å². The number of amides is 1. The highest BCUT2D eigenvalue weighted by molar-refractivity contribution is 5.93. The second-order valence-corrected chi connectivity index (χ2v) is 5.50. The van der Waals surface area contributed by atoms with Gasteiger partial charge in [-0.05, 0) is 42.8 Å². The molecule has 0 saturated carbocycles. The Hall–Kier alpha value is -3.02. The van der Waals surface area contributed by atoms with Crippen LogP contribution in [0.4, 0.5) is 11.4 Å². The molecule has 0 radical (unpaired) electrons. The smallest absolute Gasteiger partial charge is 0.337 e. The Bertz CT molecular complexity index is 759. The summed E-state index contributed by atoms with van der Waals surface area (Å²) < 4.78 is 9.94. The van der Waals surface area contributed by atoms with E-state index >= 15 is 0 Å². The van der Waals surface area contributed by atoms with Gasteiger partial charge >= 0.3 is 5.97 Å². The fraction of sp³-hybridized carbons (Fsp3) is 0.263. The molecule has 2 aromatic rings. The molecule has 0 unspecified atom stereocenters. The summed E-state index contributed by atoms with van der Waals surface area (Å²) in [5.41, 5.74) is 2.90. The number of rotatable bonds is 7. The molecule has 0 aromatic heterocycles. The quantitative estimate of drug-likeness (QED) is 0.756. The van der Waals surface area contributed by atoms with Crippen LogP contribution in [0, 0.1) is 6.92 Å². The van der Waals surface area contributed by atoms with Gasteiger partial charge in [-0.1, -0.05) is 12.1 Å². The van der Waals surface area contributed by atoms with Crippen molar-refractivity contribution < 1.29 is 19.1 Å². The number of anilines is 2. The van der Waals surface area contributed by atoms with Gasteiger partial charge in [0.2, 0.25) is 5.91 Å². The molecule has 0 fully saturated rings. The van der Waals surface area contributed by atoms with E-state index < -0.39 is 5.97 Å². The summed E-state index contributed by atoms with van der Waals surface area (Å²) in [4.78, 5) is 23.6. The molecule has 2 rings (SSSR count). The van der Waals surface area contributed by atoms with E-state index in [-0.39, 0.29) is 12.3 Å². The van der Waals surface area contributed by atoms with Gasteiger partial charge in [-0.2, -0.15) is 0 Å². The SMILES string of the molecule is COC(=O)c1cccc(NCCC(=O)Nc2cc(C)ccc2OC)c1. The maximum Gasteiger partial charge on any atom is 0.337 e. The summed E-state index contributed by atoms with van der Waals surface area (Å²) in [6, 6.07) is 12.6. The van der Waals surface area contributed by atoms with Gasteiger partial charge in [0.05, 0.1) is 25.5 Å². The van der Waals surface area contributed by atoms with E-state index in [0.29, 0.717) is 23.5 Å². The lowest BCUT2D eigenvalue weighted by Gasteiger charge is -2.12. The Balaban J connectivity index is 1.89. The summed E-state index contributed by atoms with van der Waals surface area (Å²) in [7, 11) is 2.91. The number of nitrogens with one attached hydrogen (secondary N) is 2. The van der Waals surface area contributed by atoms with Crippen LogP contribution < -0.4 is 15.4 Å². The molecule has 6 nitrogen and oxygen atoms in total. The molecule has 0 aliphatic rings. The number of carbonyl (C=O) groups is 2. The Morgan fingerprint density at radius 3 is 2.60 bits per heavy atom. The summed E-state index contributed by atoms with van der Waals surface area (Å²) in [5.74, 6) is 0.103. The van der Waals surface area contributed by atoms with E-state index in [2.05, 4.69) is 15.4 Å². The molecule has 0 heterocycles. The highest BCUT2D eigenvalue weighted by Crippen LogP contribution is 2.25. The maximum absolute atomic E-state index is 12.1. The first-order valence-electron chi connectivity index (χ1n) is 7.90. The van der Waals surface area contributed by atoms with Crippen molar-refractivity contribution in [3.63, 3.8) is 0 Å². The normalized spacial score (nSPS) is 10.0. The average molecular weight is 342 g/mol. The van der Waals surface area contributed by atoms with E-state index in [1.54, 1.807) is 25.3 Å². The highest BCUT2D eigenvalue weighted by atomic mass is 16.5. The molecule has 6 heteroatoms. The van der Waals surface area contributed by atoms with Crippen LogP contribution in [0.1, 0.15) is 22.3 Å². The van der Waals surface area contributed by atoms with Crippen LogP contribution in [0.15, 0.2) is 42.5 Å². The van der Waals surface area contributed by atoms with Gasteiger partial charge in [-0.3, -0.25) is 4.79 Å². The van der Waals surface area contributed by atoms with Crippen LogP contribution in [0.3, 0.4) is 0 Å². The van der Waals surface area contributed by atoms with Crippen molar-refractivity contribution in [2.24, 2.45) is 0 Å². The van der Waals surface area contributed by atoms with Crippen molar-refractivity contribution in [1.82, 2.24) is 0 Å². The van der Waals surface area contributed by atoms with Crippen LogP contribution in [0.25, 0.3) is 0 Å². The van der Waals surface area contributed by atoms with Crippen LogP contribution >= 0.6 is 0 Å². The van der Waals surface area contributed by atoms with Gasteiger partial charge in [0, 0.05) is 18.7 Å². The van der Waals surface area contributed by atoms with Gasteiger partial charge < -0.3 is 20.1 Å². The second-order valence-electron chi connectivity index (χ2n) is 5.50. The van der Waals surface area contributed by atoms with Crippen LogP contribution in [0.5, 0.6) is 5.75 Å². The van der Waals surface area contributed by atoms with Crippen molar-refractivity contribution in [3.8, 4) is 5.75 Å². The lowest BCUT2D eigenvalue weighted by atomic mass is 10.2. The number of ether oxygens (including phenoxy) is 2. The van der Waals surface area contributed by atoms with Crippen LogP contribution in [0.2, 0.25) is 0 Å². The van der Waals surface area contributed by atoms with Crippen molar-refractivity contribution in [1.29, 1.82) is 0 Å². The molecular weight excluding hydrogens is 320 g/mol. The van der Waals surface area contributed by atoms with Gasteiger partial charge in [0.15, 0.2) is 0 Å². The maximum atomic E-state index is 12.1. The number of hydrogen-bond donors (Lipinski definition) is 2. The summed E-state index contributed by atoms with van der Waals surface area (Å²) in [6.45, 7) is 2.38. The molecule has 0 atom stereocenters. The Morgan fingerprint density at radius 1 is 1.08 bits per heavy atom. The number of hydrogen-bond acceptors (Lipinski definition) is 5. The fourth-order valence-electron chi connectivity index (χ4n) is 2.33. The first-order valence-corrected chi connectivity index (χ1v) is 7.90.